The lowest BCUT2D eigenvalue weighted by Gasteiger charge is -2.14. The first kappa shape index (κ1) is 13.5. The number of nitrogens with one attached hydrogen (secondary N) is 1. The Bertz CT molecular complexity index is 822. The highest BCUT2D eigenvalue weighted by Crippen LogP contribution is 2.28. The van der Waals surface area contributed by atoms with E-state index >= 15 is 0 Å². The maximum absolute atomic E-state index is 5.83. The van der Waals surface area contributed by atoms with Gasteiger partial charge in [0.05, 0.1) is 0 Å². The monoisotopic (exact) mass is 293 g/mol. The maximum Gasteiger partial charge on any atom is 0.106 e. The third kappa shape index (κ3) is 2.71. The van der Waals surface area contributed by atoms with E-state index in [0.717, 1.165) is 33.3 Å². The molecule has 0 spiro atoms. The Labute approximate surface area is 128 Å². The van der Waals surface area contributed by atoms with Crippen LogP contribution in [0.1, 0.15) is 11.1 Å². The summed E-state index contributed by atoms with van der Waals surface area (Å²) in [5.41, 5.74) is 9.74. The predicted octanol–water partition coefficient (Wildman–Crippen LogP) is 3.92. The Hall–Kier alpha value is -2.46. The average molecular weight is 293 g/mol. The molecule has 2 aromatic carbocycles. The van der Waals surface area contributed by atoms with Crippen molar-refractivity contribution in [2.45, 2.75) is 6.92 Å². The number of aromatic nitrogens is 1. The quantitative estimate of drug-likeness (QED) is 0.719. The number of fused-ring (bicyclic) bond motifs is 1. The second kappa shape index (κ2) is 5.50. The molecular formula is C17H15N3S. The number of rotatable bonds is 3. The van der Waals surface area contributed by atoms with E-state index in [9.17, 15) is 0 Å². The zero-order chi connectivity index (χ0) is 14.8. The van der Waals surface area contributed by atoms with E-state index in [1.54, 1.807) is 6.20 Å². The Morgan fingerprint density at radius 1 is 1.14 bits per heavy atom. The molecule has 3 rings (SSSR count). The lowest BCUT2D eigenvalue weighted by Crippen LogP contribution is -2.12. The molecule has 0 aliphatic heterocycles. The van der Waals surface area contributed by atoms with E-state index in [1.807, 2.05) is 55.6 Å². The second-order valence-electron chi connectivity index (χ2n) is 4.94. The summed E-state index contributed by atoms with van der Waals surface area (Å²) in [6.07, 6.45) is 3.64. The predicted molar refractivity (Wildman–Crippen MR) is 92.1 cm³/mol. The van der Waals surface area contributed by atoms with Crippen molar-refractivity contribution in [2.24, 2.45) is 5.73 Å². The lowest BCUT2D eigenvalue weighted by molar-refractivity contribution is 1.36. The van der Waals surface area contributed by atoms with Crippen LogP contribution in [0.15, 0.2) is 54.9 Å². The molecule has 0 bridgehead atoms. The summed E-state index contributed by atoms with van der Waals surface area (Å²) in [4.78, 5) is 4.54. The number of nitrogens with two attached hydrogens (primary N) is 1. The zero-order valence-corrected chi connectivity index (χ0v) is 12.4. The van der Waals surface area contributed by atoms with Crippen molar-refractivity contribution in [3.8, 4) is 0 Å². The third-order valence-electron chi connectivity index (χ3n) is 3.39. The standard InChI is InChI=1S/C17H15N3S/c1-11-5-6-16(14(9-11)17(18)21)20-15-4-2-3-12-10-19-8-7-13(12)15/h2-10,20H,1H3,(H2,18,21). The van der Waals surface area contributed by atoms with Gasteiger partial charge in [0, 0.05) is 40.1 Å². The molecule has 21 heavy (non-hydrogen) atoms. The molecule has 0 atom stereocenters. The van der Waals surface area contributed by atoms with Crippen LogP contribution in [-0.2, 0) is 0 Å². The van der Waals surface area contributed by atoms with Crippen LogP contribution in [-0.4, -0.2) is 9.97 Å². The van der Waals surface area contributed by atoms with Gasteiger partial charge in [-0.25, -0.2) is 0 Å². The number of anilines is 2. The summed E-state index contributed by atoms with van der Waals surface area (Å²) in [5.74, 6) is 0. The van der Waals surface area contributed by atoms with Gasteiger partial charge in [-0.1, -0.05) is 36.0 Å². The van der Waals surface area contributed by atoms with Crippen LogP contribution in [0.5, 0.6) is 0 Å². The van der Waals surface area contributed by atoms with E-state index in [4.69, 9.17) is 18.0 Å². The first-order valence-electron chi connectivity index (χ1n) is 6.65. The van der Waals surface area contributed by atoms with Crippen molar-refractivity contribution in [3.05, 3.63) is 66.0 Å². The van der Waals surface area contributed by atoms with E-state index in [2.05, 4.69) is 10.3 Å². The molecule has 0 unspecified atom stereocenters. The highest BCUT2D eigenvalue weighted by Gasteiger charge is 2.07. The van der Waals surface area contributed by atoms with Crippen LogP contribution in [0.3, 0.4) is 0 Å². The molecule has 0 aliphatic carbocycles. The van der Waals surface area contributed by atoms with Gasteiger partial charge in [0.2, 0.25) is 0 Å². The summed E-state index contributed by atoms with van der Waals surface area (Å²) in [7, 11) is 0. The van der Waals surface area contributed by atoms with Gasteiger partial charge in [0.15, 0.2) is 0 Å². The molecule has 4 heteroatoms. The minimum atomic E-state index is 0.392. The second-order valence-corrected chi connectivity index (χ2v) is 5.38. The minimum Gasteiger partial charge on any atom is -0.389 e. The Morgan fingerprint density at radius 3 is 2.81 bits per heavy atom. The number of hydrogen-bond donors (Lipinski definition) is 2. The third-order valence-corrected chi connectivity index (χ3v) is 3.61. The fourth-order valence-corrected chi connectivity index (χ4v) is 2.52. The number of thiocarbonyl (C=S) groups is 1. The summed E-state index contributed by atoms with van der Waals surface area (Å²) in [6, 6.07) is 14.1. The highest BCUT2D eigenvalue weighted by atomic mass is 32.1. The van der Waals surface area contributed by atoms with Crippen molar-refractivity contribution >= 4 is 39.4 Å². The molecule has 1 aromatic heterocycles. The van der Waals surface area contributed by atoms with Gasteiger partial charge in [0.1, 0.15) is 4.99 Å². The Morgan fingerprint density at radius 2 is 2.00 bits per heavy atom. The van der Waals surface area contributed by atoms with Crippen LogP contribution in [0.2, 0.25) is 0 Å². The molecule has 104 valence electrons. The fraction of sp³-hybridized carbons (Fsp3) is 0.0588. The number of pyridine rings is 1. The topological polar surface area (TPSA) is 50.9 Å². The maximum atomic E-state index is 5.83. The minimum absolute atomic E-state index is 0.392. The van der Waals surface area contributed by atoms with E-state index < -0.39 is 0 Å². The molecule has 0 amide bonds. The normalized spacial score (nSPS) is 10.5. The van der Waals surface area contributed by atoms with E-state index in [0.29, 0.717) is 4.99 Å². The molecule has 1 heterocycles. The van der Waals surface area contributed by atoms with Gasteiger partial charge in [-0.3, -0.25) is 4.98 Å². The van der Waals surface area contributed by atoms with Gasteiger partial charge in [-0.15, -0.1) is 0 Å². The smallest absolute Gasteiger partial charge is 0.106 e. The number of hydrogen-bond acceptors (Lipinski definition) is 3. The van der Waals surface area contributed by atoms with Crippen LogP contribution in [0, 0.1) is 6.92 Å². The summed E-state index contributed by atoms with van der Waals surface area (Å²) in [5, 5.41) is 5.63. The summed E-state index contributed by atoms with van der Waals surface area (Å²) in [6.45, 7) is 2.02. The molecule has 3 aromatic rings. The Kier molecular flexibility index (Phi) is 3.54. The number of benzene rings is 2. The lowest BCUT2D eigenvalue weighted by atomic mass is 10.1. The molecule has 0 saturated carbocycles. The van der Waals surface area contributed by atoms with Gasteiger partial charge in [0.25, 0.3) is 0 Å². The number of aryl methyl sites for hydroxylation is 1. The average Bonchev–Trinajstić information content (AvgIpc) is 2.49. The molecule has 3 nitrogen and oxygen atoms in total. The van der Waals surface area contributed by atoms with Crippen molar-refractivity contribution in [1.82, 2.24) is 4.98 Å². The van der Waals surface area contributed by atoms with E-state index in [1.165, 1.54) is 0 Å². The summed E-state index contributed by atoms with van der Waals surface area (Å²) >= 11 is 5.15. The highest BCUT2D eigenvalue weighted by molar-refractivity contribution is 7.80. The number of nitrogens with zero attached hydrogens (tertiary/aromatic N) is 1. The van der Waals surface area contributed by atoms with Crippen LogP contribution in [0.25, 0.3) is 10.8 Å². The molecule has 3 N–H and O–H groups in total. The SMILES string of the molecule is Cc1ccc(Nc2cccc3cnccc23)c(C(N)=S)c1. The molecule has 0 fully saturated rings. The largest absolute Gasteiger partial charge is 0.389 e. The van der Waals surface area contributed by atoms with Gasteiger partial charge < -0.3 is 11.1 Å². The van der Waals surface area contributed by atoms with Crippen molar-refractivity contribution in [1.29, 1.82) is 0 Å². The van der Waals surface area contributed by atoms with E-state index in [-0.39, 0.29) is 0 Å². The molecule has 0 saturated heterocycles. The van der Waals surface area contributed by atoms with Crippen molar-refractivity contribution in [3.63, 3.8) is 0 Å². The molecular weight excluding hydrogens is 278 g/mol. The van der Waals surface area contributed by atoms with Crippen molar-refractivity contribution < 1.29 is 0 Å². The van der Waals surface area contributed by atoms with Crippen LogP contribution in [0.4, 0.5) is 11.4 Å². The van der Waals surface area contributed by atoms with Crippen molar-refractivity contribution in [2.75, 3.05) is 5.32 Å². The Balaban J connectivity index is 2.09. The van der Waals surface area contributed by atoms with Gasteiger partial charge >= 0.3 is 0 Å². The fourth-order valence-electron chi connectivity index (χ4n) is 2.35. The summed E-state index contributed by atoms with van der Waals surface area (Å²) < 4.78 is 0. The first-order valence-corrected chi connectivity index (χ1v) is 7.06. The molecule has 0 aliphatic rings. The van der Waals surface area contributed by atoms with Crippen LogP contribution < -0.4 is 11.1 Å². The molecule has 0 radical (unpaired) electrons. The van der Waals surface area contributed by atoms with Crippen LogP contribution >= 0.6 is 12.2 Å². The first-order chi connectivity index (χ1) is 10.1. The van der Waals surface area contributed by atoms with Gasteiger partial charge in [-0.05, 0) is 31.2 Å². The zero-order valence-electron chi connectivity index (χ0n) is 11.6. The van der Waals surface area contributed by atoms with Gasteiger partial charge in [-0.2, -0.15) is 0 Å².